The number of thioether (sulfide) groups is 1. The van der Waals surface area contributed by atoms with Gasteiger partial charge in [0, 0.05) is 24.6 Å². The van der Waals surface area contributed by atoms with Crippen molar-refractivity contribution in [2.45, 2.75) is 38.4 Å². The third-order valence-corrected chi connectivity index (χ3v) is 7.38. The van der Waals surface area contributed by atoms with Crippen LogP contribution in [0, 0.1) is 11.3 Å². The highest BCUT2D eigenvalue weighted by Gasteiger charge is 2.42. The first kappa shape index (κ1) is 22.4. The Labute approximate surface area is 184 Å². The maximum Gasteiger partial charge on any atom is 0.227 e. The highest BCUT2D eigenvalue weighted by Crippen LogP contribution is 2.34. The first-order valence-electron chi connectivity index (χ1n) is 10.6. The molecule has 0 aliphatic carbocycles. The average molecular weight is 425 g/mol. The summed E-state index contributed by atoms with van der Waals surface area (Å²) in [5.41, 5.74) is 7.38. The van der Waals surface area contributed by atoms with Crippen LogP contribution in [0.1, 0.15) is 43.7 Å². The van der Waals surface area contributed by atoms with Crippen LogP contribution in [0.25, 0.3) is 0 Å². The van der Waals surface area contributed by atoms with E-state index in [2.05, 4.69) is 36.4 Å². The van der Waals surface area contributed by atoms with Gasteiger partial charge in [-0.15, -0.1) is 0 Å². The predicted molar refractivity (Wildman–Crippen MR) is 124 cm³/mol. The minimum absolute atomic E-state index is 0.0610. The number of benzene rings is 2. The number of primary amides is 1. The van der Waals surface area contributed by atoms with E-state index in [4.69, 9.17) is 5.73 Å². The summed E-state index contributed by atoms with van der Waals surface area (Å²) in [4.78, 5) is 27.5. The van der Waals surface area contributed by atoms with E-state index in [1.54, 1.807) is 25.6 Å². The van der Waals surface area contributed by atoms with Crippen LogP contribution in [-0.2, 0) is 15.3 Å². The molecule has 1 saturated heterocycles. The van der Waals surface area contributed by atoms with Gasteiger partial charge in [-0.3, -0.25) is 9.59 Å². The first-order chi connectivity index (χ1) is 14.4. The van der Waals surface area contributed by atoms with Gasteiger partial charge in [0.25, 0.3) is 0 Å². The van der Waals surface area contributed by atoms with Crippen molar-refractivity contribution in [3.8, 4) is 0 Å². The molecule has 1 aliphatic rings. The lowest BCUT2D eigenvalue weighted by Crippen LogP contribution is -2.50. The van der Waals surface area contributed by atoms with E-state index in [9.17, 15) is 9.59 Å². The molecule has 160 valence electrons. The molecule has 2 aromatic rings. The topological polar surface area (TPSA) is 63.4 Å². The van der Waals surface area contributed by atoms with Gasteiger partial charge in [0.2, 0.25) is 11.8 Å². The Hall–Kier alpha value is -2.27. The van der Waals surface area contributed by atoms with Crippen molar-refractivity contribution < 1.29 is 9.59 Å². The van der Waals surface area contributed by atoms with Gasteiger partial charge in [0.15, 0.2) is 0 Å². The summed E-state index contributed by atoms with van der Waals surface area (Å²) in [7, 11) is 0. The Bertz CT molecular complexity index is 831. The van der Waals surface area contributed by atoms with Gasteiger partial charge in [0.05, 0.1) is 11.3 Å². The summed E-state index contributed by atoms with van der Waals surface area (Å²) in [5, 5.41) is 0. The maximum absolute atomic E-state index is 13.4. The van der Waals surface area contributed by atoms with Crippen LogP contribution >= 0.6 is 11.8 Å². The predicted octanol–water partition coefficient (Wildman–Crippen LogP) is 4.45. The molecule has 2 amide bonds. The number of rotatable bonds is 8. The van der Waals surface area contributed by atoms with E-state index in [-0.39, 0.29) is 5.91 Å². The van der Waals surface area contributed by atoms with Gasteiger partial charge >= 0.3 is 0 Å². The minimum atomic E-state index is -0.878. The quantitative estimate of drug-likeness (QED) is 0.681. The van der Waals surface area contributed by atoms with Crippen molar-refractivity contribution in [3.63, 3.8) is 0 Å². The van der Waals surface area contributed by atoms with E-state index >= 15 is 0 Å². The zero-order valence-corrected chi connectivity index (χ0v) is 18.7. The molecule has 0 radical (unpaired) electrons. The molecule has 30 heavy (non-hydrogen) atoms. The van der Waals surface area contributed by atoms with Crippen LogP contribution in [0.15, 0.2) is 60.7 Å². The van der Waals surface area contributed by atoms with E-state index in [0.29, 0.717) is 11.7 Å². The Balaban J connectivity index is 1.64. The summed E-state index contributed by atoms with van der Waals surface area (Å²) in [6.45, 7) is 5.07. The SMILES string of the molecule is CC(C)(C(N)=O)C(CSCc1ccccc1)C(=O)N1CCC(c2ccccc2)CC1. The van der Waals surface area contributed by atoms with Gasteiger partial charge in [-0.1, -0.05) is 74.5 Å². The van der Waals surface area contributed by atoms with Crippen molar-refractivity contribution in [2.75, 3.05) is 18.8 Å². The van der Waals surface area contributed by atoms with Crippen molar-refractivity contribution in [1.82, 2.24) is 4.90 Å². The number of carbonyl (C=O) groups excluding carboxylic acids is 2. The van der Waals surface area contributed by atoms with Crippen LogP contribution in [0.3, 0.4) is 0 Å². The lowest BCUT2D eigenvalue weighted by Gasteiger charge is -2.38. The van der Waals surface area contributed by atoms with Crippen LogP contribution in [0.2, 0.25) is 0 Å². The Morgan fingerprint density at radius 3 is 2.17 bits per heavy atom. The third-order valence-electron chi connectivity index (χ3n) is 6.28. The molecular formula is C25H32N2O2S. The number of carbonyl (C=O) groups is 2. The number of nitrogens with zero attached hydrogens (tertiary/aromatic N) is 1. The Kier molecular flexibility index (Phi) is 7.59. The highest BCUT2D eigenvalue weighted by atomic mass is 32.2. The van der Waals surface area contributed by atoms with Crippen molar-refractivity contribution in [3.05, 3.63) is 71.8 Å². The smallest absolute Gasteiger partial charge is 0.227 e. The molecule has 1 aliphatic heterocycles. The molecular weight excluding hydrogens is 392 g/mol. The van der Waals surface area contributed by atoms with E-state index in [1.807, 2.05) is 29.2 Å². The Morgan fingerprint density at radius 2 is 1.60 bits per heavy atom. The zero-order valence-electron chi connectivity index (χ0n) is 17.9. The fourth-order valence-electron chi connectivity index (χ4n) is 4.01. The largest absolute Gasteiger partial charge is 0.369 e. The van der Waals surface area contributed by atoms with Crippen LogP contribution < -0.4 is 5.73 Å². The second-order valence-electron chi connectivity index (χ2n) is 8.65. The molecule has 0 bridgehead atoms. The van der Waals surface area contributed by atoms with Gasteiger partial charge in [-0.05, 0) is 29.9 Å². The fraction of sp³-hybridized carbons (Fsp3) is 0.440. The molecule has 3 rings (SSSR count). The molecule has 5 heteroatoms. The van der Waals surface area contributed by atoms with Gasteiger partial charge in [-0.2, -0.15) is 11.8 Å². The second-order valence-corrected chi connectivity index (χ2v) is 9.68. The summed E-state index contributed by atoms with van der Waals surface area (Å²) in [6.07, 6.45) is 1.91. The summed E-state index contributed by atoms with van der Waals surface area (Å²) in [5.74, 6) is 1.12. The number of hydrogen-bond acceptors (Lipinski definition) is 3. The fourth-order valence-corrected chi connectivity index (χ4v) is 5.35. The van der Waals surface area contributed by atoms with Gasteiger partial charge < -0.3 is 10.6 Å². The van der Waals surface area contributed by atoms with Crippen molar-refractivity contribution in [1.29, 1.82) is 0 Å². The van der Waals surface area contributed by atoms with Crippen LogP contribution in [-0.4, -0.2) is 35.6 Å². The molecule has 1 heterocycles. The van der Waals surface area contributed by atoms with Crippen LogP contribution in [0.5, 0.6) is 0 Å². The van der Waals surface area contributed by atoms with E-state index < -0.39 is 17.2 Å². The molecule has 1 fully saturated rings. The first-order valence-corrected chi connectivity index (χ1v) is 11.8. The van der Waals surface area contributed by atoms with E-state index in [0.717, 1.165) is 31.7 Å². The molecule has 1 atom stereocenters. The van der Waals surface area contributed by atoms with Crippen molar-refractivity contribution in [2.24, 2.45) is 17.1 Å². The number of amides is 2. The number of hydrogen-bond donors (Lipinski definition) is 1. The maximum atomic E-state index is 13.4. The summed E-state index contributed by atoms with van der Waals surface area (Å²) >= 11 is 1.69. The van der Waals surface area contributed by atoms with Crippen LogP contribution in [0.4, 0.5) is 0 Å². The van der Waals surface area contributed by atoms with E-state index in [1.165, 1.54) is 11.1 Å². The molecule has 2 N–H and O–H groups in total. The Morgan fingerprint density at radius 1 is 1.03 bits per heavy atom. The molecule has 4 nitrogen and oxygen atoms in total. The number of piperidine rings is 1. The third kappa shape index (κ3) is 5.45. The van der Waals surface area contributed by atoms with Crippen molar-refractivity contribution >= 4 is 23.6 Å². The molecule has 1 unspecified atom stereocenters. The summed E-state index contributed by atoms with van der Waals surface area (Å²) in [6, 6.07) is 20.7. The van der Waals surface area contributed by atoms with Gasteiger partial charge in [0.1, 0.15) is 0 Å². The molecule has 0 saturated carbocycles. The monoisotopic (exact) mass is 424 g/mol. The summed E-state index contributed by atoms with van der Waals surface area (Å²) < 4.78 is 0. The lowest BCUT2D eigenvalue weighted by atomic mass is 9.78. The zero-order chi connectivity index (χ0) is 21.6. The molecule has 0 spiro atoms. The normalized spacial score (nSPS) is 16.3. The molecule has 0 aromatic heterocycles. The average Bonchev–Trinajstić information content (AvgIpc) is 2.77. The number of nitrogens with two attached hydrogens (primary N) is 1. The second kappa shape index (κ2) is 10.2. The molecule has 2 aromatic carbocycles. The minimum Gasteiger partial charge on any atom is -0.369 e. The standard InChI is InChI=1S/C25H32N2O2S/c1-25(2,24(26)29)22(18-30-17-19-9-5-3-6-10-19)23(28)27-15-13-21(14-16-27)20-11-7-4-8-12-20/h3-12,21-22H,13-18H2,1-2H3,(H2,26,29). The number of likely N-dealkylation sites (tertiary alicyclic amines) is 1. The van der Waals surface area contributed by atoms with Gasteiger partial charge in [-0.25, -0.2) is 0 Å². The lowest BCUT2D eigenvalue weighted by molar-refractivity contribution is -0.145. The highest BCUT2D eigenvalue weighted by molar-refractivity contribution is 7.98.